The zero-order valence-corrected chi connectivity index (χ0v) is 15.6. The smallest absolute Gasteiger partial charge is 0.230 e. The highest BCUT2D eigenvalue weighted by Gasteiger charge is 2.22. The van der Waals surface area contributed by atoms with Crippen molar-refractivity contribution in [2.75, 3.05) is 11.1 Å². The molecule has 2 N–H and O–H groups in total. The van der Waals surface area contributed by atoms with Crippen LogP contribution in [0, 0.1) is 0 Å². The molecule has 4 nitrogen and oxygen atoms in total. The molecular formula is C16H14Cl3N3OS. The third kappa shape index (κ3) is 4.70. The molecule has 1 aromatic heterocycles. The number of carbonyl (C=O) groups is 1. The van der Waals surface area contributed by atoms with Crippen molar-refractivity contribution >= 4 is 58.3 Å². The van der Waals surface area contributed by atoms with Gasteiger partial charge in [-0.15, -0.1) is 11.8 Å². The highest BCUT2D eigenvalue weighted by atomic mass is 35.5. The van der Waals surface area contributed by atoms with E-state index in [0.717, 1.165) is 23.4 Å². The van der Waals surface area contributed by atoms with E-state index in [9.17, 15) is 4.79 Å². The average molecular weight is 403 g/mol. The number of anilines is 1. The largest absolute Gasteiger partial charge is 0.358 e. The van der Waals surface area contributed by atoms with E-state index in [1.807, 2.05) is 6.07 Å². The number of thioether (sulfide) groups is 1. The zero-order valence-electron chi connectivity index (χ0n) is 12.5. The minimum Gasteiger partial charge on any atom is -0.358 e. The summed E-state index contributed by atoms with van der Waals surface area (Å²) in [5, 5.41) is 7.83. The predicted molar refractivity (Wildman–Crippen MR) is 101 cm³/mol. The number of halogens is 3. The fourth-order valence-electron chi connectivity index (χ4n) is 2.40. The van der Waals surface area contributed by atoms with Gasteiger partial charge >= 0.3 is 0 Å². The molecule has 1 amide bonds. The number of carbonyl (C=O) groups excluding carboxylic acids is 1. The fraction of sp³-hybridized carbons (Fsp3) is 0.250. The first-order valence-electron chi connectivity index (χ1n) is 7.25. The second kappa shape index (κ2) is 7.83. The highest BCUT2D eigenvalue weighted by molar-refractivity contribution is 8.00. The van der Waals surface area contributed by atoms with Crippen LogP contribution in [-0.2, 0) is 17.8 Å². The van der Waals surface area contributed by atoms with Crippen LogP contribution in [0.25, 0.3) is 0 Å². The number of nitrogens with one attached hydrogen (secondary N) is 2. The van der Waals surface area contributed by atoms with Crippen molar-refractivity contribution in [3.63, 3.8) is 0 Å². The Morgan fingerprint density at radius 2 is 2.00 bits per heavy atom. The van der Waals surface area contributed by atoms with Gasteiger partial charge in [0.1, 0.15) is 11.0 Å². The summed E-state index contributed by atoms with van der Waals surface area (Å²) in [7, 11) is 0. The number of benzene rings is 1. The van der Waals surface area contributed by atoms with Crippen molar-refractivity contribution in [1.82, 2.24) is 10.3 Å². The molecule has 24 heavy (non-hydrogen) atoms. The van der Waals surface area contributed by atoms with Gasteiger partial charge in [-0.3, -0.25) is 4.79 Å². The van der Waals surface area contributed by atoms with Crippen molar-refractivity contribution in [2.45, 2.75) is 18.3 Å². The van der Waals surface area contributed by atoms with Crippen LogP contribution in [0.5, 0.6) is 0 Å². The maximum Gasteiger partial charge on any atom is 0.230 e. The summed E-state index contributed by atoms with van der Waals surface area (Å²) in [6.07, 6.45) is 0.821. The number of pyridine rings is 1. The minimum absolute atomic E-state index is 0.0418. The number of aromatic nitrogens is 1. The molecule has 1 atom stereocenters. The van der Waals surface area contributed by atoms with Gasteiger partial charge in [0.15, 0.2) is 0 Å². The van der Waals surface area contributed by atoms with Crippen LogP contribution in [0.4, 0.5) is 5.82 Å². The normalized spacial score (nSPS) is 15.7. The topological polar surface area (TPSA) is 54.0 Å². The molecule has 0 saturated heterocycles. The van der Waals surface area contributed by atoms with E-state index in [1.54, 1.807) is 24.3 Å². The van der Waals surface area contributed by atoms with Crippen molar-refractivity contribution in [3.8, 4) is 0 Å². The predicted octanol–water partition coefficient (Wildman–Crippen LogP) is 4.39. The lowest BCUT2D eigenvalue weighted by atomic mass is 10.2. The van der Waals surface area contributed by atoms with E-state index in [2.05, 4.69) is 15.6 Å². The second-order valence-corrected chi connectivity index (χ2v) is 7.80. The molecule has 1 aromatic carbocycles. The van der Waals surface area contributed by atoms with E-state index in [4.69, 9.17) is 34.8 Å². The third-order valence-corrected chi connectivity index (χ3v) is 5.24. The van der Waals surface area contributed by atoms with Crippen LogP contribution in [-0.4, -0.2) is 22.0 Å². The van der Waals surface area contributed by atoms with Crippen molar-refractivity contribution in [2.24, 2.45) is 0 Å². The van der Waals surface area contributed by atoms with Crippen LogP contribution in [0.3, 0.4) is 0 Å². The Labute approximate surface area is 159 Å². The summed E-state index contributed by atoms with van der Waals surface area (Å²) in [5.74, 6) is 1.11. The third-order valence-electron chi connectivity index (χ3n) is 3.48. The van der Waals surface area contributed by atoms with E-state index < -0.39 is 0 Å². The van der Waals surface area contributed by atoms with Crippen LogP contribution in [0.1, 0.15) is 11.1 Å². The van der Waals surface area contributed by atoms with Gasteiger partial charge in [0.25, 0.3) is 0 Å². The summed E-state index contributed by atoms with van der Waals surface area (Å²) in [6, 6.07) is 8.96. The molecule has 0 bridgehead atoms. The molecule has 126 valence electrons. The van der Waals surface area contributed by atoms with Gasteiger partial charge in [-0.05, 0) is 35.4 Å². The minimum atomic E-state index is -0.0418. The fourth-order valence-corrected chi connectivity index (χ4v) is 4.06. The molecule has 3 rings (SSSR count). The van der Waals surface area contributed by atoms with E-state index >= 15 is 0 Å². The lowest BCUT2D eigenvalue weighted by Gasteiger charge is -2.11. The van der Waals surface area contributed by atoms with Gasteiger partial charge in [0.2, 0.25) is 5.91 Å². The summed E-state index contributed by atoms with van der Waals surface area (Å²) >= 11 is 19.3. The molecule has 2 aromatic rings. The number of rotatable bonds is 5. The Bertz CT molecular complexity index is 752. The molecule has 0 radical (unpaired) electrons. The maximum atomic E-state index is 12.0. The number of hydrogen-bond acceptors (Lipinski definition) is 4. The Hall–Kier alpha value is -1.14. The first kappa shape index (κ1) is 17.7. The molecule has 2 heterocycles. The monoisotopic (exact) mass is 401 g/mol. The number of fused-ring (bicyclic) bond motifs is 1. The van der Waals surface area contributed by atoms with Crippen LogP contribution < -0.4 is 10.6 Å². The standard InChI is InChI=1S/C16H14Cl3N3OS/c17-11-3-9(4-12(18)6-11)7-20-14(23)8-24-15-5-10-1-2-13(19)21-16(10)22-15/h1-4,6,15H,5,7-8H2,(H,20,23)(H,21,22). The number of amides is 1. The number of nitrogens with zero attached hydrogens (tertiary/aromatic N) is 1. The lowest BCUT2D eigenvalue weighted by molar-refractivity contribution is -0.118. The Morgan fingerprint density at radius 3 is 2.75 bits per heavy atom. The van der Waals surface area contributed by atoms with Crippen molar-refractivity contribution in [3.05, 3.63) is 56.7 Å². The summed E-state index contributed by atoms with van der Waals surface area (Å²) in [4.78, 5) is 16.2. The quantitative estimate of drug-likeness (QED) is 0.729. The summed E-state index contributed by atoms with van der Waals surface area (Å²) in [6.45, 7) is 0.398. The van der Waals surface area contributed by atoms with Gasteiger partial charge in [-0.1, -0.05) is 40.9 Å². The zero-order chi connectivity index (χ0) is 17.1. The first-order valence-corrected chi connectivity index (χ1v) is 9.43. The van der Waals surface area contributed by atoms with E-state index in [0.29, 0.717) is 27.5 Å². The first-order chi connectivity index (χ1) is 11.5. The van der Waals surface area contributed by atoms with Crippen molar-refractivity contribution < 1.29 is 4.79 Å². The van der Waals surface area contributed by atoms with Gasteiger partial charge < -0.3 is 10.6 Å². The molecule has 0 saturated carbocycles. The highest BCUT2D eigenvalue weighted by Crippen LogP contribution is 2.30. The molecule has 0 spiro atoms. The summed E-state index contributed by atoms with van der Waals surface area (Å²) in [5.41, 5.74) is 1.99. The van der Waals surface area contributed by atoms with Gasteiger partial charge in [-0.25, -0.2) is 4.98 Å². The molecule has 0 fully saturated rings. The lowest BCUT2D eigenvalue weighted by Crippen LogP contribution is -2.26. The second-order valence-electron chi connectivity index (χ2n) is 5.34. The van der Waals surface area contributed by atoms with E-state index in [1.165, 1.54) is 11.8 Å². The van der Waals surface area contributed by atoms with Crippen LogP contribution >= 0.6 is 46.6 Å². The Balaban J connectivity index is 1.45. The van der Waals surface area contributed by atoms with Gasteiger partial charge in [0.05, 0.1) is 11.1 Å². The molecule has 1 unspecified atom stereocenters. The molecule has 8 heteroatoms. The Morgan fingerprint density at radius 1 is 1.25 bits per heavy atom. The SMILES string of the molecule is O=C(CSC1Cc2ccc(Cl)nc2N1)NCc1cc(Cl)cc(Cl)c1. The Kier molecular flexibility index (Phi) is 5.76. The van der Waals surface area contributed by atoms with Crippen molar-refractivity contribution in [1.29, 1.82) is 0 Å². The average Bonchev–Trinajstić information content (AvgIpc) is 2.92. The molecule has 0 aliphatic carbocycles. The van der Waals surface area contributed by atoms with Crippen LogP contribution in [0.15, 0.2) is 30.3 Å². The number of hydrogen-bond donors (Lipinski definition) is 2. The molecular weight excluding hydrogens is 389 g/mol. The molecule has 1 aliphatic heterocycles. The van der Waals surface area contributed by atoms with Crippen LogP contribution in [0.2, 0.25) is 15.2 Å². The summed E-state index contributed by atoms with van der Waals surface area (Å²) < 4.78 is 0. The molecule has 1 aliphatic rings. The van der Waals surface area contributed by atoms with Gasteiger partial charge in [0, 0.05) is 23.0 Å². The van der Waals surface area contributed by atoms with Gasteiger partial charge in [-0.2, -0.15) is 0 Å². The van der Waals surface area contributed by atoms with E-state index in [-0.39, 0.29) is 11.3 Å². The maximum absolute atomic E-state index is 12.0.